The minimum atomic E-state index is 0.190. The lowest BCUT2D eigenvalue weighted by molar-refractivity contribution is -0.121. The van der Waals surface area contributed by atoms with Crippen LogP contribution in [-0.4, -0.2) is 19.0 Å². The van der Waals surface area contributed by atoms with Gasteiger partial charge >= 0.3 is 0 Å². The fourth-order valence-corrected chi connectivity index (χ4v) is 1.91. The topological polar surface area (TPSA) is 55.1 Å². The molecule has 0 aromatic heterocycles. The molecule has 88 valence electrons. The molecule has 1 saturated carbocycles. The summed E-state index contributed by atoms with van der Waals surface area (Å²) in [6, 6.07) is 0. The van der Waals surface area contributed by atoms with Crippen LogP contribution in [0.5, 0.6) is 0 Å². The summed E-state index contributed by atoms with van der Waals surface area (Å²) in [6.45, 7) is 6.04. The van der Waals surface area contributed by atoms with Crippen molar-refractivity contribution in [2.45, 2.75) is 46.0 Å². The van der Waals surface area contributed by atoms with Crippen molar-refractivity contribution >= 4 is 5.91 Å². The van der Waals surface area contributed by atoms with E-state index in [2.05, 4.69) is 19.2 Å². The summed E-state index contributed by atoms with van der Waals surface area (Å²) in [5.41, 5.74) is 5.80. The van der Waals surface area contributed by atoms with E-state index in [9.17, 15) is 4.79 Å². The number of hydrogen-bond acceptors (Lipinski definition) is 2. The maximum absolute atomic E-state index is 11.5. The van der Waals surface area contributed by atoms with E-state index in [0.29, 0.717) is 24.3 Å². The Bertz CT molecular complexity index is 210. The van der Waals surface area contributed by atoms with Crippen molar-refractivity contribution in [1.29, 1.82) is 0 Å². The third-order valence-corrected chi connectivity index (χ3v) is 3.61. The van der Waals surface area contributed by atoms with E-state index in [1.165, 1.54) is 12.8 Å². The second-order valence-corrected chi connectivity index (χ2v) is 5.04. The zero-order valence-corrected chi connectivity index (χ0v) is 10.0. The Morgan fingerprint density at radius 3 is 2.53 bits per heavy atom. The lowest BCUT2D eigenvalue weighted by Gasteiger charge is -2.19. The molecule has 0 atom stereocenters. The number of nitrogens with one attached hydrogen (secondary N) is 1. The maximum atomic E-state index is 11.5. The number of carbonyl (C=O) groups excluding carboxylic acids is 1. The van der Waals surface area contributed by atoms with Crippen molar-refractivity contribution in [2.24, 2.45) is 17.1 Å². The highest BCUT2D eigenvalue weighted by Crippen LogP contribution is 2.51. The summed E-state index contributed by atoms with van der Waals surface area (Å²) in [6.07, 6.45) is 5.03. The second-order valence-electron chi connectivity index (χ2n) is 5.04. The third kappa shape index (κ3) is 3.82. The van der Waals surface area contributed by atoms with Gasteiger partial charge in [0.1, 0.15) is 0 Å². The molecule has 1 rings (SSSR count). The molecule has 1 amide bonds. The Labute approximate surface area is 92.8 Å². The van der Waals surface area contributed by atoms with Gasteiger partial charge in [-0.05, 0) is 43.6 Å². The maximum Gasteiger partial charge on any atom is 0.220 e. The highest BCUT2D eigenvalue weighted by atomic mass is 16.1. The minimum Gasteiger partial charge on any atom is -0.356 e. The fourth-order valence-electron chi connectivity index (χ4n) is 1.91. The van der Waals surface area contributed by atoms with E-state index in [1.807, 2.05) is 0 Å². The Hall–Kier alpha value is -0.570. The van der Waals surface area contributed by atoms with Gasteiger partial charge in [-0.1, -0.05) is 13.8 Å². The Morgan fingerprint density at radius 2 is 2.07 bits per heavy atom. The lowest BCUT2D eigenvalue weighted by Crippen LogP contribution is -2.32. The van der Waals surface area contributed by atoms with Gasteiger partial charge in [0.15, 0.2) is 0 Å². The molecule has 0 bridgehead atoms. The molecule has 3 N–H and O–H groups in total. The van der Waals surface area contributed by atoms with Crippen LogP contribution in [0.15, 0.2) is 0 Å². The smallest absolute Gasteiger partial charge is 0.220 e. The van der Waals surface area contributed by atoms with Crippen LogP contribution < -0.4 is 11.1 Å². The summed E-state index contributed by atoms with van der Waals surface area (Å²) in [5, 5.41) is 3.05. The molecule has 0 heterocycles. The summed E-state index contributed by atoms with van der Waals surface area (Å²) >= 11 is 0. The van der Waals surface area contributed by atoms with Crippen LogP contribution >= 0.6 is 0 Å². The van der Waals surface area contributed by atoms with Crippen LogP contribution in [0.2, 0.25) is 0 Å². The van der Waals surface area contributed by atoms with E-state index >= 15 is 0 Å². The molecule has 0 unspecified atom stereocenters. The zero-order valence-electron chi connectivity index (χ0n) is 10.0. The highest BCUT2D eigenvalue weighted by Gasteiger charge is 2.45. The first-order valence-corrected chi connectivity index (χ1v) is 6.07. The number of unbranched alkanes of at least 4 members (excludes halogenated alkanes) is 1. The molecule has 1 fully saturated rings. The molecule has 1 aliphatic carbocycles. The van der Waals surface area contributed by atoms with Crippen LogP contribution in [0.4, 0.5) is 0 Å². The summed E-state index contributed by atoms with van der Waals surface area (Å²) in [4.78, 5) is 11.5. The number of carbonyl (C=O) groups is 1. The molecular formula is C12H24N2O. The van der Waals surface area contributed by atoms with Crippen LogP contribution in [0.25, 0.3) is 0 Å². The van der Waals surface area contributed by atoms with E-state index in [1.54, 1.807) is 0 Å². The lowest BCUT2D eigenvalue weighted by atomic mass is 9.92. The van der Waals surface area contributed by atoms with Gasteiger partial charge in [-0.25, -0.2) is 0 Å². The minimum absolute atomic E-state index is 0.190. The monoisotopic (exact) mass is 212 g/mol. The number of rotatable bonds is 7. The molecule has 0 aliphatic heterocycles. The van der Waals surface area contributed by atoms with Gasteiger partial charge in [0, 0.05) is 13.0 Å². The SMILES string of the molecule is CC(C)C1(CNC(=O)CCCCN)CC1. The number of hydrogen-bond donors (Lipinski definition) is 2. The normalized spacial score (nSPS) is 17.9. The molecule has 15 heavy (non-hydrogen) atoms. The van der Waals surface area contributed by atoms with Crippen LogP contribution in [0, 0.1) is 11.3 Å². The molecule has 0 spiro atoms. The predicted octanol–water partition coefficient (Wildman–Crippen LogP) is 1.67. The molecular weight excluding hydrogens is 188 g/mol. The van der Waals surface area contributed by atoms with Crippen molar-refractivity contribution in [3.8, 4) is 0 Å². The number of nitrogens with two attached hydrogens (primary N) is 1. The molecule has 1 aliphatic rings. The first kappa shape index (κ1) is 12.5. The van der Waals surface area contributed by atoms with Gasteiger partial charge in [-0.3, -0.25) is 4.79 Å². The molecule has 0 aromatic rings. The first-order chi connectivity index (χ1) is 7.10. The summed E-state index contributed by atoms with van der Waals surface area (Å²) in [7, 11) is 0. The Kier molecular flexibility index (Phi) is 4.58. The van der Waals surface area contributed by atoms with Crippen molar-refractivity contribution < 1.29 is 4.79 Å². The van der Waals surface area contributed by atoms with Crippen molar-refractivity contribution in [3.63, 3.8) is 0 Å². The van der Waals surface area contributed by atoms with E-state index in [4.69, 9.17) is 5.73 Å². The predicted molar refractivity (Wildman–Crippen MR) is 62.4 cm³/mol. The van der Waals surface area contributed by atoms with Crippen LogP contribution in [-0.2, 0) is 4.79 Å². The molecule has 0 aromatic carbocycles. The highest BCUT2D eigenvalue weighted by molar-refractivity contribution is 5.75. The molecule has 0 radical (unpaired) electrons. The second kappa shape index (κ2) is 5.50. The fraction of sp³-hybridized carbons (Fsp3) is 0.917. The van der Waals surface area contributed by atoms with Gasteiger partial charge < -0.3 is 11.1 Å². The van der Waals surface area contributed by atoms with Gasteiger partial charge in [0.05, 0.1) is 0 Å². The Morgan fingerprint density at radius 1 is 1.40 bits per heavy atom. The molecule has 3 heteroatoms. The largest absolute Gasteiger partial charge is 0.356 e. The van der Waals surface area contributed by atoms with Gasteiger partial charge in [-0.15, -0.1) is 0 Å². The average molecular weight is 212 g/mol. The van der Waals surface area contributed by atoms with Crippen molar-refractivity contribution in [2.75, 3.05) is 13.1 Å². The average Bonchev–Trinajstić information content (AvgIpc) is 2.96. The quantitative estimate of drug-likeness (QED) is 0.631. The van der Waals surface area contributed by atoms with E-state index in [0.717, 1.165) is 19.4 Å². The Balaban J connectivity index is 2.12. The van der Waals surface area contributed by atoms with Crippen LogP contribution in [0.3, 0.4) is 0 Å². The van der Waals surface area contributed by atoms with Crippen molar-refractivity contribution in [3.05, 3.63) is 0 Å². The number of amides is 1. The molecule has 0 saturated heterocycles. The van der Waals surface area contributed by atoms with E-state index < -0.39 is 0 Å². The summed E-state index contributed by atoms with van der Waals surface area (Å²) in [5.74, 6) is 0.872. The zero-order chi connectivity index (χ0) is 11.3. The molecule has 3 nitrogen and oxygen atoms in total. The third-order valence-electron chi connectivity index (χ3n) is 3.61. The van der Waals surface area contributed by atoms with Gasteiger partial charge in [-0.2, -0.15) is 0 Å². The van der Waals surface area contributed by atoms with Crippen molar-refractivity contribution in [1.82, 2.24) is 5.32 Å². The standard InChI is InChI=1S/C12H24N2O/c1-10(2)12(6-7-12)9-14-11(15)5-3-4-8-13/h10H,3-9,13H2,1-2H3,(H,14,15). The van der Waals surface area contributed by atoms with E-state index in [-0.39, 0.29) is 5.91 Å². The summed E-state index contributed by atoms with van der Waals surface area (Å²) < 4.78 is 0. The first-order valence-electron chi connectivity index (χ1n) is 6.07. The van der Waals surface area contributed by atoms with Gasteiger partial charge in [0.25, 0.3) is 0 Å². The van der Waals surface area contributed by atoms with Crippen LogP contribution in [0.1, 0.15) is 46.0 Å². The van der Waals surface area contributed by atoms with Gasteiger partial charge in [0.2, 0.25) is 5.91 Å².